The molecule has 0 spiro atoms. The van der Waals surface area contributed by atoms with Crippen LogP contribution in [0.3, 0.4) is 0 Å². The van der Waals surface area contributed by atoms with E-state index in [1.807, 2.05) is 0 Å². The van der Waals surface area contributed by atoms with E-state index >= 15 is 0 Å². The number of urea groups is 1. The van der Waals surface area contributed by atoms with Crippen LogP contribution in [0.2, 0.25) is 0 Å². The van der Waals surface area contributed by atoms with Gasteiger partial charge in [0, 0.05) is 24.7 Å². The summed E-state index contributed by atoms with van der Waals surface area (Å²) in [5.74, 6) is -0.154. The Morgan fingerprint density at radius 2 is 2.28 bits per heavy atom. The molecule has 2 rings (SSSR count). The molecule has 2 heterocycles. The van der Waals surface area contributed by atoms with Crippen molar-refractivity contribution in [1.82, 2.24) is 14.8 Å². The van der Waals surface area contributed by atoms with Gasteiger partial charge in [-0.1, -0.05) is 6.92 Å². The van der Waals surface area contributed by atoms with Gasteiger partial charge in [0.2, 0.25) is 0 Å². The molecule has 7 heteroatoms. The summed E-state index contributed by atoms with van der Waals surface area (Å²) in [6, 6.07) is -0.239. The summed E-state index contributed by atoms with van der Waals surface area (Å²) in [5, 5.41) is 4.01. The number of aromatic nitrogens is 1. The first-order valence-corrected chi connectivity index (χ1v) is 6.67. The molecule has 1 N–H and O–H groups in total. The van der Waals surface area contributed by atoms with Crippen LogP contribution in [-0.2, 0) is 11.3 Å². The number of nitrogens with one attached hydrogen (secondary N) is 1. The van der Waals surface area contributed by atoms with Gasteiger partial charge in [-0.3, -0.25) is 9.69 Å². The molecule has 1 aliphatic rings. The quantitative estimate of drug-likeness (QED) is 0.819. The lowest BCUT2D eigenvalue weighted by Crippen LogP contribution is -2.30. The number of carbonyl (C=O) groups is 2. The van der Waals surface area contributed by atoms with Crippen LogP contribution in [-0.4, -0.2) is 46.9 Å². The molecule has 1 aromatic heterocycles. The number of likely N-dealkylation sites (N-methyl/N-ethyl adjacent to an activating group) is 1. The highest BCUT2D eigenvalue weighted by Gasteiger charge is 2.33. The summed E-state index contributed by atoms with van der Waals surface area (Å²) in [6.45, 7) is 3.43. The summed E-state index contributed by atoms with van der Waals surface area (Å²) < 4.78 is 0. The van der Waals surface area contributed by atoms with Gasteiger partial charge in [0.25, 0.3) is 5.91 Å². The maximum absolute atomic E-state index is 11.7. The van der Waals surface area contributed by atoms with E-state index in [0.29, 0.717) is 6.54 Å². The fraction of sp³-hybridized carbons (Fsp3) is 0.545. The molecule has 1 fully saturated rings. The molecule has 1 aliphatic heterocycles. The molecule has 3 amide bonds. The summed E-state index contributed by atoms with van der Waals surface area (Å²) in [6.07, 6.45) is 2.74. The standard InChI is InChI=1S/C11H16N4O2S/c1-3-4-12-10-13-5-8(18-10)6-15-9(16)7-14(2)11(15)17/h5H,3-4,6-7H2,1-2H3,(H,12,13). The molecule has 18 heavy (non-hydrogen) atoms. The molecule has 1 aromatic rings. The number of hydrogen-bond acceptors (Lipinski definition) is 5. The molecule has 0 aliphatic carbocycles. The molecule has 0 radical (unpaired) electrons. The number of amides is 3. The first-order chi connectivity index (χ1) is 8.61. The second kappa shape index (κ2) is 5.34. The first-order valence-electron chi connectivity index (χ1n) is 5.86. The second-order valence-electron chi connectivity index (χ2n) is 4.18. The fourth-order valence-electron chi connectivity index (χ4n) is 1.67. The van der Waals surface area contributed by atoms with Crippen molar-refractivity contribution in [3.05, 3.63) is 11.1 Å². The van der Waals surface area contributed by atoms with Crippen LogP contribution in [0.1, 0.15) is 18.2 Å². The maximum Gasteiger partial charge on any atom is 0.327 e. The fourth-order valence-corrected chi connectivity index (χ4v) is 2.50. The van der Waals surface area contributed by atoms with Crippen LogP contribution in [0.25, 0.3) is 0 Å². The Bertz CT molecular complexity index is 460. The van der Waals surface area contributed by atoms with E-state index in [9.17, 15) is 9.59 Å². The zero-order chi connectivity index (χ0) is 13.1. The van der Waals surface area contributed by atoms with Crippen LogP contribution in [0.15, 0.2) is 6.20 Å². The SMILES string of the molecule is CCCNc1ncc(CN2C(=O)CN(C)C2=O)s1. The van der Waals surface area contributed by atoms with Gasteiger partial charge in [-0.05, 0) is 6.42 Å². The van der Waals surface area contributed by atoms with E-state index < -0.39 is 0 Å². The van der Waals surface area contributed by atoms with Crippen molar-refractivity contribution in [2.45, 2.75) is 19.9 Å². The van der Waals surface area contributed by atoms with Gasteiger partial charge in [0.15, 0.2) is 5.13 Å². The number of carbonyl (C=O) groups excluding carboxylic acids is 2. The monoisotopic (exact) mass is 268 g/mol. The lowest BCUT2D eigenvalue weighted by atomic mass is 10.4. The lowest BCUT2D eigenvalue weighted by molar-refractivity contribution is -0.125. The summed E-state index contributed by atoms with van der Waals surface area (Å²) in [5.41, 5.74) is 0. The average Bonchev–Trinajstić information content (AvgIpc) is 2.88. The summed E-state index contributed by atoms with van der Waals surface area (Å²) in [4.78, 5) is 31.1. The van der Waals surface area contributed by atoms with Gasteiger partial charge in [-0.15, -0.1) is 11.3 Å². The number of hydrogen-bond donors (Lipinski definition) is 1. The topological polar surface area (TPSA) is 65.5 Å². The Labute approximate surface area is 110 Å². The minimum atomic E-state index is -0.239. The smallest absolute Gasteiger partial charge is 0.327 e. The van der Waals surface area contributed by atoms with Crippen molar-refractivity contribution in [3.8, 4) is 0 Å². The Kier molecular flexibility index (Phi) is 3.81. The van der Waals surface area contributed by atoms with Crippen molar-refractivity contribution in [2.24, 2.45) is 0 Å². The van der Waals surface area contributed by atoms with Crippen LogP contribution in [0, 0.1) is 0 Å². The first kappa shape index (κ1) is 12.8. The molecule has 6 nitrogen and oxygen atoms in total. The van der Waals surface area contributed by atoms with Crippen LogP contribution < -0.4 is 5.32 Å². The van der Waals surface area contributed by atoms with Crippen molar-refractivity contribution in [3.63, 3.8) is 0 Å². The number of imide groups is 1. The van der Waals surface area contributed by atoms with E-state index in [1.54, 1.807) is 13.2 Å². The van der Waals surface area contributed by atoms with E-state index in [2.05, 4.69) is 17.2 Å². The van der Waals surface area contributed by atoms with E-state index in [1.165, 1.54) is 21.1 Å². The van der Waals surface area contributed by atoms with Gasteiger partial charge in [-0.25, -0.2) is 9.78 Å². The number of thiazole rings is 1. The van der Waals surface area contributed by atoms with Crippen molar-refractivity contribution in [1.29, 1.82) is 0 Å². The average molecular weight is 268 g/mol. The van der Waals surface area contributed by atoms with E-state index in [4.69, 9.17) is 0 Å². The summed E-state index contributed by atoms with van der Waals surface area (Å²) >= 11 is 1.48. The van der Waals surface area contributed by atoms with Gasteiger partial charge in [-0.2, -0.15) is 0 Å². The molecule has 98 valence electrons. The third-order valence-electron chi connectivity index (χ3n) is 2.62. The van der Waals surface area contributed by atoms with Crippen molar-refractivity contribution >= 4 is 28.4 Å². The molecule has 0 saturated carbocycles. The zero-order valence-corrected chi connectivity index (χ0v) is 11.3. The third kappa shape index (κ3) is 2.61. The second-order valence-corrected chi connectivity index (χ2v) is 5.29. The molecule has 0 unspecified atom stereocenters. The highest BCUT2D eigenvalue weighted by atomic mass is 32.1. The molecular weight excluding hydrogens is 252 g/mol. The third-order valence-corrected chi connectivity index (χ3v) is 3.56. The Morgan fingerprint density at radius 1 is 1.50 bits per heavy atom. The number of anilines is 1. The molecular formula is C11H16N4O2S. The van der Waals surface area contributed by atoms with Crippen LogP contribution >= 0.6 is 11.3 Å². The molecule has 0 bridgehead atoms. The van der Waals surface area contributed by atoms with Crippen LogP contribution in [0.5, 0.6) is 0 Å². The van der Waals surface area contributed by atoms with Crippen molar-refractivity contribution in [2.75, 3.05) is 25.5 Å². The van der Waals surface area contributed by atoms with Gasteiger partial charge in [0.05, 0.1) is 6.54 Å². The normalized spacial score (nSPS) is 15.7. The Morgan fingerprint density at radius 3 is 2.89 bits per heavy atom. The van der Waals surface area contributed by atoms with E-state index in [-0.39, 0.29) is 18.5 Å². The van der Waals surface area contributed by atoms with E-state index in [0.717, 1.165) is 23.0 Å². The van der Waals surface area contributed by atoms with Gasteiger partial charge >= 0.3 is 6.03 Å². The molecule has 1 saturated heterocycles. The van der Waals surface area contributed by atoms with Crippen LogP contribution in [0.4, 0.5) is 9.93 Å². The van der Waals surface area contributed by atoms with Gasteiger partial charge in [0.1, 0.15) is 6.54 Å². The summed E-state index contributed by atoms with van der Waals surface area (Å²) in [7, 11) is 1.63. The molecule has 0 atom stereocenters. The highest BCUT2D eigenvalue weighted by Crippen LogP contribution is 2.21. The van der Waals surface area contributed by atoms with Gasteiger partial charge < -0.3 is 10.2 Å². The predicted molar refractivity (Wildman–Crippen MR) is 69.5 cm³/mol. The number of rotatable bonds is 5. The highest BCUT2D eigenvalue weighted by molar-refractivity contribution is 7.15. The Hall–Kier alpha value is -1.63. The number of nitrogens with zero attached hydrogens (tertiary/aromatic N) is 3. The lowest BCUT2D eigenvalue weighted by Gasteiger charge is -2.12. The minimum absolute atomic E-state index is 0.154. The Balaban J connectivity index is 1.99. The predicted octanol–water partition coefficient (Wildman–Crippen LogP) is 1.36. The maximum atomic E-state index is 11.7. The minimum Gasteiger partial charge on any atom is -0.362 e. The molecule has 0 aromatic carbocycles. The zero-order valence-electron chi connectivity index (χ0n) is 10.5. The van der Waals surface area contributed by atoms with Crippen molar-refractivity contribution < 1.29 is 9.59 Å². The largest absolute Gasteiger partial charge is 0.362 e.